The summed E-state index contributed by atoms with van der Waals surface area (Å²) in [5.41, 5.74) is 3.52. The summed E-state index contributed by atoms with van der Waals surface area (Å²) in [5, 5.41) is 14.9. The molecule has 0 aliphatic heterocycles. The number of halogens is 2. The molecule has 0 radical (unpaired) electrons. The number of nitrogens with one attached hydrogen (secondary N) is 2. The SMILES string of the molecule is COc1cc(CN[C@@H](Cc2c[nH]c3ccccc23)C(=O)O)cc(Cl)c1OCc1ccccc1Cl. The van der Waals surface area contributed by atoms with Crippen molar-refractivity contribution < 1.29 is 19.4 Å². The summed E-state index contributed by atoms with van der Waals surface area (Å²) < 4.78 is 11.4. The fourth-order valence-electron chi connectivity index (χ4n) is 3.79. The molecule has 176 valence electrons. The van der Waals surface area contributed by atoms with Crippen LogP contribution in [0.2, 0.25) is 10.0 Å². The van der Waals surface area contributed by atoms with Crippen molar-refractivity contribution in [1.82, 2.24) is 10.3 Å². The molecule has 0 aliphatic carbocycles. The number of rotatable bonds is 10. The van der Waals surface area contributed by atoms with Gasteiger partial charge in [0.1, 0.15) is 12.6 Å². The molecule has 0 amide bonds. The smallest absolute Gasteiger partial charge is 0.321 e. The van der Waals surface area contributed by atoms with Crippen LogP contribution in [0.1, 0.15) is 16.7 Å². The lowest BCUT2D eigenvalue weighted by molar-refractivity contribution is -0.139. The number of fused-ring (bicyclic) bond motifs is 1. The summed E-state index contributed by atoms with van der Waals surface area (Å²) in [5.74, 6) is -0.0655. The van der Waals surface area contributed by atoms with Crippen LogP contribution in [0, 0.1) is 0 Å². The average molecular weight is 499 g/mol. The van der Waals surface area contributed by atoms with Gasteiger partial charge in [0.25, 0.3) is 0 Å². The zero-order chi connectivity index (χ0) is 24.1. The van der Waals surface area contributed by atoms with Crippen LogP contribution in [0.3, 0.4) is 0 Å². The van der Waals surface area contributed by atoms with Gasteiger partial charge in [0.2, 0.25) is 0 Å². The summed E-state index contributed by atoms with van der Waals surface area (Å²) in [6.07, 6.45) is 2.19. The van der Waals surface area contributed by atoms with E-state index >= 15 is 0 Å². The van der Waals surface area contributed by atoms with Gasteiger partial charge in [0, 0.05) is 40.7 Å². The molecule has 34 heavy (non-hydrogen) atoms. The number of aromatic amines is 1. The Balaban J connectivity index is 1.46. The molecule has 8 heteroatoms. The van der Waals surface area contributed by atoms with Gasteiger partial charge in [-0.3, -0.25) is 4.79 Å². The number of methoxy groups -OCH3 is 1. The van der Waals surface area contributed by atoms with E-state index in [2.05, 4.69) is 10.3 Å². The van der Waals surface area contributed by atoms with Gasteiger partial charge in [-0.25, -0.2) is 0 Å². The Morgan fingerprint density at radius 1 is 1.06 bits per heavy atom. The van der Waals surface area contributed by atoms with Crippen LogP contribution in [0.15, 0.2) is 66.9 Å². The van der Waals surface area contributed by atoms with Crippen LogP contribution in [0.5, 0.6) is 11.5 Å². The van der Waals surface area contributed by atoms with Crippen molar-refractivity contribution in [2.24, 2.45) is 0 Å². The highest BCUT2D eigenvalue weighted by Gasteiger charge is 2.20. The number of para-hydroxylation sites is 1. The highest BCUT2D eigenvalue weighted by atomic mass is 35.5. The van der Waals surface area contributed by atoms with E-state index < -0.39 is 12.0 Å². The third kappa shape index (κ3) is 5.47. The van der Waals surface area contributed by atoms with E-state index in [4.69, 9.17) is 32.7 Å². The maximum absolute atomic E-state index is 11.9. The average Bonchev–Trinajstić information content (AvgIpc) is 3.24. The van der Waals surface area contributed by atoms with Crippen molar-refractivity contribution in [1.29, 1.82) is 0 Å². The van der Waals surface area contributed by atoms with Crippen LogP contribution in [0.4, 0.5) is 0 Å². The Hall–Kier alpha value is -3.19. The summed E-state index contributed by atoms with van der Waals surface area (Å²) in [4.78, 5) is 15.1. The second-order valence-corrected chi connectivity index (χ2v) is 8.64. The number of carboxylic acid groups (broad SMARTS) is 1. The monoisotopic (exact) mass is 498 g/mol. The van der Waals surface area contributed by atoms with Crippen LogP contribution in [-0.2, 0) is 24.4 Å². The molecule has 6 nitrogen and oxygen atoms in total. The number of carbonyl (C=O) groups is 1. The summed E-state index contributed by atoms with van der Waals surface area (Å²) >= 11 is 12.7. The largest absolute Gasteiger partial charge is 0.493 e. The van der Waals surface area contributed by atoms with Gasteiger partial charge in [-0.15, -0.1) is 0 Å². The standard InChI is InChI=1S/C26H24Cl2N2O4/c1-33-24-11-16(10-21(28)25(24)34-15-17-6-2-4-8-20(17)27)13-29-23(26(31)32)12-18-14-30-22-9-5-3-7-19(18)22/h2-11,14,23,29-30H,12-13,15H2,1H3,(H,31,32)/t23-/m0/s1. The number of ether oxygens (including phenoxy) is 2. The first-order chi connectivity index (χ1) is 16.5. The molecule has 0 bridgehead atoms. The van der Waals surface area contributed by atoms with Gasteiger partial charge in [-0.1, -0.05) is 59.6 Å². The first-order valence-corrected chi connectivity index (χ1v) is 11.5. The predicted molar refractivity (Wildman–Crippen MR) is 134 cm³/mol. The molecular weight excluding hydrogens is 475 g/mol. The van der Waals surface area contributed by atoms with Crippen LogP contribution in [0.25, 0.3) is 10.9 Å². The molecule has 4 aromatic rings. The zero-order valence-electron chi connectivity index (χ0n) is 18.5. The number of hydrogen-bond acceptors (Lipinski definition) is 4. The van der Waals surface area contributed by atoms with Crippen molar-refractivity contribution in [3.05, 3.63) is 93.6 Å². The van der Waals surface area contributed by atoms with Crippen LogP contribution in [-0.4, -0.2) is 29.2 Å². The first-order valence-electron chi connectivity index (χ1n) is 10.7. The van der Waals surface area contributed by atoms with Crippen LogP contribution < -0.4 is 14.8 Å². The quantitative estimate of drug-likeness (QED) is 0.255. The molecule has 1 heterocycles. The number of H-pyrrole nitrogens is 1. The lowest BCUT2D eigenvalue weighted by Gasteiger charge is -2.17. The van der Waals surface area contributed by atoms with E-state index in [9.17, 15) is 9.90 Å². The van der Waals surface area contributed by atoms with E-state index in [1.54, 1.807) is 18.2 Å². The van der Waals surface area contributed by atoms with Gasteiger partial charge in [0.15, 0.2) is 11.5 Å². The van der Waals surface area contributed by atoms with Gasteiger partial charge < -0.3 is 24.9 Å². The molecule has 0 saturated heterocycles. The Bertz CT molecular complexity index is 1310. The molecule has 3 N–H and O–H groups in total. The molecule has 1 aromatic heterocycles. The van der Waals surface area contributed by atoms with Crippen molar-refractivity contribution >= 4 is 40.1 Å². The second kappa shape index (κ2) is 10.8. The molecule has 1 atom stereocenters. The fourth-order valence-corrected chi connectivity index (χ4v) is 4.27. The van der Waals surface area contributed by atoms with Gasteiger partial charge in [-0.2, -0.15) is 0 Å². The molecule has 0 unspecified atom stereocenters. The fraction of sp³-hybridized carbons (Fsp3) is 0.192. The zero-order valence-corrected chi connectivity index (χ0v) is 20.0. The normalized spacial score (nSPS) is 12.0. The predicted octanol–water partition coefficient (Wildman–Crippen LogP) is 5.85. The summed E-state index contributed by atoms with van der Waals surface area (Å²) in [7, 11) is 1.53. The van der Waals surface area contributed by atoms with E-state index in [1.807, 2.05) is 48.7 Å². The van der Waals surface area contributed by atoms with Crippen molar-refractivity contribution in [3.8, 4) is 11.5 Å². The van der Waals surface area contributed by atoms with E-state index in [0.29, 0.717) is 34.5 Å². The number of aromatic nitrogens is 1. The summed E-state index contributed by atoms with van der Waals surface area (Å²) in [6.45, 7) is 0.527. The third-order valence-corrected chi connectivity index (χ3v) is 6.22. The number of carboxylic acids is 1. The first kappa shape index (κ1) is 24.0. The molecule has 3 aromatic carbocycles. The highest BCUT2D eigenvalue weighted by molar-refractivity contribution is 6.32. The molecular formula is C26H24Cl2N2O4. The maximum Gasteiger partial charge on any atom is 0.321 e. The van der Waals surface area contributed by atoms with E-state index in [1.165, 1.54) is 7.11 Å². The third-order valence-electron chi connectivity index (χ3n) is 5.57. The highest BCUT2D eigenvalue weighted by Crippen LogP contribution is 2.37. The minimum absolute atomic E-state index is 0.235. The van der Waals surface area contributed by atoms with E-state index in [-0.39, 0.29) is 6.61 Å². The van der Waals surface area contributed by atoms with Crippen LogP contribution >= 0.6 is 23.2 Å². The molecule has 0 fully saturated rings. The van der Waals surface area contributed by atoms with Crippen molar-refractivity contribution in [3.63, 3.8) is 0 Å². The van der Waals surface area contributed by atoms with E-state index in [0.717, 1.165) is 27.6 Å². The minimum atomic E-state index is -0.928. The summed E-state index contributed by atoms with van der Waals surface area (Å²) in [6, 6.07) is 18.0. The Labute approximate surface area is 207 Å². The Morgan fingerprint density at radius 2 is 1.82 bits per heavy atom. The Kier molecular flexibility index (Phi) is 7.63. The lowest BCUT2D eigenvalue weighted by Crippen LogP contribution is -2.38. The molecule has 4 rings (SSSR count). The number of hydrogen-bond donors (Lipinski definition) is 3. The maximum atomic E-state index is 11.9. The second-order valence-electron chi connectivity index (χ2n) is 7.82. The van der Waals surface area contributed by atoms with Gasteiger partial charge in [-0.05, 0) is 35.4 Å². The minimum Gasteiger partial charge on any atom is -0.493 e. The molecule has 0 saturated carbocycles. The Morgan fingerprint density at radius 3 is 2.59 bits per heavy atom. The van der Waals surface area contributed by atoms with Crippen molar-refractivity contribution in [2.45, 2.75) is 25.6 Å². The van der Waals surface area contributed by atoms with Crippen molar-refractivity contribution in [2.75, 3.05) is 7.11 Å². The van der Waals surface area contributed by atoms with Gasteiger partial charge in [0.05, 0.1) is 12.1 Å². The number of benzene rings is 3. The van der Waals surface area contributed by atoms with Gasteiger partial charge >= 0.3 is 5.97 Å². The number of aliphatic carboxylic acids is 1. The lowest BCUT2D eigenvalue weighted by atomic mass is 10.0. The molecule has 0 aliphatic rings. The molecule has 0 spiro atoms. The topological polar surface area (TPSA) is 83.6 Å².